The van der Waals surface area contributed by atoms with Crippen molar-refractivity contribution in [3.8, 4) is 6.07 Å². The number of ketones is 1. The Bertz CT molecular complexity index is 858. The molecule has 0 amide bonds. The van der Waals surface area contributed by atoms with Crippen LogP contribution in [0.3, 0.4) is 0 Å². The minimum Gasteiger partial charge on any atom is -0.507 e. The molecule has 0 spiro atoms. The Morgan fingerprint density at radius 2 is 1.57 bits per heavy atom. The molecule has 1 aliphatic carbocycles. The van der Waals surface area contributed by atoms with Crippen molar-refractivity contribution < 1.29 is 15.0 Å². The number of benzene rings is 2. The van der Waals surface area contributed by atoms with Crippen LogP contribution in [0.4, 0.5) is 0 Å². The van der Waals surface area contributed by atoms with Crippen LogP contribution in [0.1, 0.15) is 17.0 Å². The number of aliphatic hydroxyl groups is 2. The lowest BCUT2D eigenvalue weighted by Gasteiger charge is -2.14. The number of hydrogen-bond acceptors (Lipinski definition) is 4. The summed E-state index contributed by atoms with van der Waals surface area (Å²) in [7, 11) is 0. The van der Waals surface area contributed by atoms with Crippen molar-refractivity contribution in [1.29, 1.82) is 5.26 Å². The minimum absolute atomic E-state index is 0.0245. The molecule has 4 heteroatoms. The number of hydrogen-bond donors (Lipinski definition) is 2. The van der Waals surface area contributed by atoms with Gasteiger partial charge in [0.2, 0.25) is 5.78 Å². The molecule has 2 aromatic rings. The molecule has 0 heterocycles. The van der Waals surface area contributed by atoms with Crippen LogP contribution in [-0.4, -0.2) is 16.0 Å². The van der Waals surface area contributed by atoms with Gasteiger partial charge in [-0.2, -0.15) is 5.26 Å². The molecule has 4 nitrogen and oxygen atoms in total. The average molecular weight is 303 g/mol. The maximum Gasteiger partial charge on any atom is 0.229 e. The lowest BCUT2D eigenvalue weighted by atomic mass is 9.87. The Labute approximate surface area is 133 Å². The number of aliphatic hydroxyl groups excluding tert-OH is 2. The van der Waals surface area contributed by atoms with E-state index in [0.29, 0.717) is 11.1 Å². The first kappa shape index (κ1) is 14.6. The first-order valence-electron chi connectivity index (χ1n) is 7.06. The molecule has 0 fully saturated rings. The van der Waals surface area contributed by atoms with Crippen molar-refractivity contribution in [2.45, 2.75) is 5.92 Å². The highest BCUT2D eigenvalue weighted by Gasteiger charge is 2.41. The summed E-state index contributed by atoms with van der Waals surface area (Å²) in [5, 5.41) is 29.9. The summed E-state index contributed by atoms with van der Waals surface area (Å²) in [4.78, 5) is 12.4. The highest BCUT2D eigenvalue weighted by atomic mass is 16.3. The van der Waals surface area contributed by atoms with Crippen molar-refractivity contribution >= 4 is 11.5 Å². The van der Waals surface area contributed by atoms with E-state index in [2.05, 4.69) is 0 Å². The van der Waals surface area contributed by atoms with Crippen LogP contribution < -0.4 is 0 Å². The fourth-order valence-corrected chi connectivity index (χ4v) is 2.75. The molecule has 1 atom stereocenters. The van der Waals surface area contributed by atoms with Gasteiger partial charge in [0.05, 0.1) is 23.1 Å². The van der Waals surface area contributed by atoms with Gasteiger partial charge in [0.1, 0.15) is 5.76 Å². The average Bonchev–Trinajstić information content (AvgIpc) is 2.87. The number of nitriles is 1. The zero-order chi connectivity index (χ0) is 16.4. The van der Waals surface area contributed by atoms with E-state index in [-0.39, 0.29) is 16.9 Å². The van der Waals surface area contributed by atoms with Crippen LogP contribution in [0.2, 0.25) is 0 Å². The first-order chi connectivity index (χ1) is 11.1. The Morgan fingerprint density at radius 1 is 1.00 bits per heavy atom. The van der Waals surface area contributed by atoms with E-state index in [1.165, 1.54) is 0 Å². The summed E-state index contributed by atoms with van der Waals surface area (Å²) < 4.78 is 0. The van der Waals surface area contributed by atoms with Crippen LogP contribution in [0.25, 0.3) is 5.76 Å². The lowest BCUT2D eigenvalue weighted by molar-refractivity contribution is -0.114. The van der Waals surface area contributed by atoms with E-state index in [1.54, 1.807) is 54.6 Å². The van der Waals surface area contributed by atoms with Crippen LogP contribution in [0, 0.1) is 11.3 Å². The molecule has 0 saturated heterocycles. The zero-order valence-corrected chi connectivity index (χ0v) is 12.1. The van der Waals surface area contributed by atoms with Crippen molar-refractivity contribution in [2.75, 3.05) is 0 Å². The summed E-state index contributed by atoms with van der Waals surface area (Å²) in [6, 6.07) is 19.4. The molecule has 2 aromatic carbocycles. The highest BCUT2D eigenvalue weighted by Crippen LogP contribution is 2.43. The second kappa shape index (κ2) is 5.82. The third-order valence-corrected chi connectivity index (χ3v) is 3.85. The molecular formula is C19H13NO3. The van der Waals surface area contributed by atoms with Crippen LogP contribution in [0.15, 0.2) is 77.6 Å². The summed E-state index contributed by atoms with van der Waals surface area (Å²) in [6.07, 6.45) is 0. The van der Waals surface area contributed by atoms with Gasteiger partial charge >= 0.3 is 0 Å². The van der Waals surface area contributed by atoms with Gasteiger partial charge in [0.15, 0.2) is 5.76 Å². The van der Waals surface area contributed by atoms with Crippen molar-refractivity contribution in [3.63, 3.8) is 0 Å². The van der Waals surface area contributed by atoms with E-state index >= 15 is 0 Å². The van der Waals surface area contributed by atoms with E-state index in [4.69, 9.17) is 0 Å². The zero-order valence-electron chi connectivity index (χ0n) is 12.1. The predicted octanol–water partition coefficient (Wildman–Crippen LogP) is 3.66. The lowest BCUT2D eigenvalue weighted by Crippen LogP contribution is -2.08. The Balaban J connectivity index is 2.24. The standard InChI is InChI=1S/C19H13NO3/c20-11-14-15(12-7-3-1-4-8-12)16(19(23)18(14)22)17(21)13-9-5-2-6-10-13/h1-10,15,21-22H/b17-16-. The third-order valence-electron chi connectivity index (χ3n) is 3.85. The largest absolute Gasteiger partial charge is 0.507 e. The topological polar surface area (TPSA) is 81.3 Å². The maximum absolute atomic E-state index is 12.4. The smallest absolute Gasteiger partial charge is 0.229 e. The summed E-state index contributed by atoms with van der Waals surface area (Å²) in [5.74, 6) is -2.30. The molecule has 112 valence electrons. The molecule has 0 bridgehead atoms. The van der Waals surface area contributed by atoms with Crippen LogP contribution in [-0.2, 0) is 4.79 Å². The fourth-order valence-electron chi connectivity index (χ4n) is 2.75. The van der Waals surface area contributed by atoms with Gasteiger partial charge in [0.25, 0.3) is 0 Å². The number of Topliss-reactive ketones (excluding diaryl/α,β-unsaturated/α-hetero) is 1. The number of allylic oxidation sites excluding steroid dienone is 2. The number of carbonyl (C=O) groups is 1. The van der Waals surface area contributed by atoms with Gasteiger partial charge in [-0.1, -0.05) is 60.7 Å². The Morgan fingerprint density at radius 3 is 2.13 bits per heavy atom. The maximum atomic E-state index is 12.4. The summed E-state index contributed by atoms with van der Waals surface area (Å²) >= 11 is 0. The molecule has 1 aliphatic rings. The van der Waals surface area contributed by atoms with Crippen LogP contribution in [0.5, 0.6) is 0 Å². The monoisotopic (exact) mass is 303 g/mol. The molecule has 0 saturated carbocycles. The minimum atomic E-state index is -0.770. The predicted molar refractivity (Wildman–Crippen MR) is 85.4 cm³/mol. The summed E-state index contributed by atoms with van der Waals surface area (Å²) in [5.41, 5.74) is 1.11. The van der Waals surface area contributed by atoms with Crippen molar-refractivity contribution in [2.24, 2.45) is 0 Å². The van der Waals surface area contributed by atoms with Crippen molar-refractivity contribution in [1.82, 2.24) is 0 Å². The molecule has 1 unspecified atom stereocenters. The summed E-state index contributed by atoms with van der Waals surface area (Å²) in [6.45, 7) is 0. The first-order valence-corrected chi connectivity index (χ1v) is 7.06. The molecule has 23 heavy (non-hydrogen) atoms. The molecule has 2 N–H and O–H groups in total. The second-order valence-corrected chi connectivity index (χ2v) is 5.18. The SMILES string of the molecule is N#CC1=C(O)C(=O)/C(=C(\O)c2ccccc2)C1c1ccccc1. The van der Waals surface area contributed by atoms with Gasteiger partial charge in [-0.25, -0.2) is 0 Å². The van der Waals surface area contributed by atoms with Crippen molar-refractivity contribution in [3.05, 3.63) is 88.7 Å². The van der Waals surface area contributed by atoms with Crippen LogP contribution >= 0.6 is 0 Å². The van der Waals surface area contributed by atoms with Gasteiger partial charge in [-0.3, -0.25) is 4.79 Å². The normalized spacial score (nSPS) is 19.6. The number of nitrogens with zero attached hydrogens (tertiary/aromatic N) is 1. The van der Waals surface area contributed by atoms with Gasteiger partial charge in [-0.15, -0.1) is 0 Å². The molecule has 3 rings (SSSR count). The fraction of sp³-hybridized carbons (Fsp3) is 0.0526. The molecule has 0 aromatic heterocycles. The quantitative estimate of drug-likeness (QED) is 0.655. The molecular weight excluding hydrogens is 290 g/mol. The van der Waals surface area contributed by atoms with E-state index < -0.39 is 17.5 Å². The molecule has 0 radical (unpaired) electrons. The number of carbonyl (C=O) groups excluding carboxylic acids is 1. The second-order valence-electron chi connectivity index (χ2n) is 5.18. The van der Waals surface area contributed by atoms with E-state index in [1.807, 2.05) is 12.1 Å². The number of rotatable bonds is 2. The Hall–Kier alpha value is -3.32. The molecule has 0 aliphatic heterocycles. The van der Waals surface area contributed by atoms with E-state index in [0.717, 1.165) is 0 Å². The van der Waals surface area contributed by atoms with Gasteiger partial charge in [0, 0.05) is 5.56 Å². The van der Waals surface area contributed by atoms with Gasteiger partial charge in [-0.05, 0) is 5.56 Å². The van der Waals surface area contributed by atoms with E-state index in [9.17, 15) is 20.3 Å². The third kappa shape index (κ3) is 2.39. The van der Waals surface area contributed by atoms with Gasteiger partial charge < -0.3 is 10.2 Å². The Kier molecular flexibility index (Phi) is 3.70. The highest BCUT2D eigenvalue weighted by molar-refractivity contribution is 6.16.